The van der Waals surface area contributed by atoms with Crippen molar-refractivity contribution in [2.75, 3.05) is 5.73 Å². The van der Waals surface area contributed by atoms with Gasteiger partial charge in [0.2, 0.25) is 0 Å². The van der Waals surface area contributed by atoms with E-state index in [4.69, 9.17) is 5.73 Å². The van der Waals surface area contributed by atoms with E-state index in [9.17, 15) is 8.42 Å². The van der Waals surface area contributed by atoms with Gasteiger partial charge in [0.05, 0.1) is 4.90 Å². The predicted molar refractivity (Wildman–Crippen MR) is 83.5 cm³/mol. The molecular weight excluding hydrogens is 342 g/mol. The minimum Gasteiger partial charge on any atom is -0.398 e. The summed E-state index contributed by atoms with van der Waals surface area (Å²) in [6, 6.07) is 5.04. The number of halogens is 1. The predicted octanol–water partition coefficient (Wildman–Crippen LogP) is 2.49. The van der Waals surface area contributed by atoms with Gasteiger partial charge in [-0.3, -0.25) is 0 Å². The highest BCUT2D eigenvalue weighted by Gasteiger charge is 2.29. The summed E-state index contributed by atoms with van der Waals surface area (Å²) in [5.41, 5.74) is 6.16. The van der Waals surface area contributed by atoms with E-state index in [1.165, 1.54) is 6.07 Å². The van der Waals surface area contributed by atoms with E-state index in [-0.39, 0.29) is 17.0 Å². The maximum atomic E-state index is 12.4. The Morgan fingerprint density at radius 2 is 1.90 bits per heavy atom. The van der Waals surface area contributed by atoms with Crippen molar-refractivity contribution in [1.82, 2.24) is 9.84 Å². The van der Waals surface area contributed by atoms with Crippen molar-refractivity contribution in [2.45, 2.75) is 50.1 Å². The SMILES string of the molecule is CC1CCCC(C)N1NS(=O)(=O)c1ccc(Br)c(N)c1. The van der Waals surface area contributed by atoms with Gasteiger partial charge < -0.3 is 5.73 Å². The number of piperidine rings is 1. The highest BCUT2D eigenvalue weighted by atomic mass is 79.9. The summed E-state index contributed by atoms with van der Waals surface area (Å²) in [7, 11) is -3.59. The van der Waals surface area contributed by atoms with Crippen molar-refractivity contribution in [1.29, 1.82) is 0 Å². The normalized spacial score (nSPS) is 24.8. The van der Waals surface area contributed by atoms with Crippen LogP contribution in [0.15, 0.2) is 27.6 Å². The van der Waals surface area contributed by atoms with E-state index in [1.54, 1.807) is 12.1 Å². The lowest BCUT2D eigenvalue weighted by molar-refractivity contribution is 0.0790. The fourth-order valence-electron chi connectivity index (χ4n) is 2.48. The Balaban J connectivity index is 2.24. The second-order valence-electron chi connectivity index (χ2n) is 5.31. The Hall–Kier alpha value is -0.630. The first-order valence-corrected chi connectivity index (χ1v) is 8.94. The van der Waals surface area contributed by atoms with Gasteiger partial charge in [-0.25, -0.2) is 13.4 Å². The molecular formula is C13H20BrN3O2S. The molecule has 1 heterocycles. The molecule has 1 aromatic carbocycles. The third-order valence-electron chi connectivity index (χ3n) is 3.70. The first-order valence-electron chi connectivity index (χ1n) is 6.67. The van der Waals surface area contributed by atoms with Gasteiger partial charge in [0.25, 0.3) is 10.0 Å². The highest BCUT2D eigenvalue weighted by molar-refractivity contribution is 9.10. The first-order chi connectivity index (χ1) is 9.31. The number of hydrogen-bond acceptors (Lipinski definition) is 4. The molecule has 0 radical (unpaired) electrons. The number of nitrogens with two attached hydrogens (primary N) is 1. The molecule has 0 spiro atoms. The van der Waals surface area contributed by atoms with Crippen LogP contribution in [0.3, 0.4) is 0 Å². The molecule has 1 saturated heterocycles. The van der Waals surface area contributed by atoms with E-state index in [2.05, 4.69) is 20.8 Å². The Bertz CT molecular complexity index is 581. The van der Waals surface area contributed by atoms with Crippen LogP contribution in [0.1, 0.15) is 33.1 Å². The lowest BCUT2D eigenvalue weighted by Crippen LogP contribution is -2.53. The second-order valence-corrected chi connectivity index (χ2v) is 7.83. The van der Waals surface area contributed by atoms with Gasteiger partial charge in [-0.1, -0.05) is 6.42 Å². The number of hydrazine groups is 1. The van der Waals surface area contributed by atoms with Gasteiger partial charge in [0.1, 0.15) is 0 Å². The zero-order valence-electron chi connectivity index (χ0n) is 11.6. The molecule has 0 bridgehead atoms. The van der Waals surface area contributed by atoms with Crippen LogP contribution in [0.25, 0.3) is 0 Å². The van der Waals surface area contributed by atoms with E-state index < -0.39 is 10.0 Å². The van der Waals surface area contributed by atoms with Crippen LogP contribution in [0.2, 0.25) is 0 Å². The van der Waals surface area contributed by atoms with Gasteiger partial charge in [0, 0.05) is 22.2 Å². The molecule has 1 fully saturated rings. The third kappa shape index (κ3) is 3.33. The Labute approximate surface area is 128 Å². The molecule has 20 heavy (non-hydrogen) atoms. The molecule has 1 aromatic rings. The Kier molecular flexibility index (Phi) is 4.73. The number of nitrogen functional groups attached to an aromatic ring is 1. The second kappa shape index (κ2) is 6.01. The van der Waals surface area contributed by atoms with E-state index >= 15 is 0 Å². The number of rotatable bonds is 3. The van der Waals surface area contributed by atoms with Crippen LogP contribution in [0.5, 0.6) is 0 Å². The van der Waals surface area contributed by atoms with Gasteiger partial charge >= 0.3 is 0 Å². The molecule has 5 nitrogen and oxygen atoms in total. The summed E-state index contributed by atoms with van der Waals surface area (Å²) in [5.74, 6) is 0. The highest BCUT2D eigenvalue weighted by Crippen LogP contribution is 2.25. The molecule has 1 aliphatic heterocycles. The maximum absolute atomic E-state index is 12.4. The number of sulfonamides is 1. The topological polar surface area (TPSA) is 75.4 Å². The number of benzene rings is 1. The summed E-state index contributed by atoms with van der Waals surface area (Å²) in [5, 5.41) is 1.83. The maximum Gasteiger partial charge on any atom is 0.253 e. The summed E-state index contributed by atoms with van der Waals surface area (Å²) < 4.78 is 25.6. The minimum absolute atomic E-state index is 0.183. The largest absolute Gasteiger partial charge is 0.398 e. The lowest BCUT2D eigenvalue weighted by atomic mass is 10.0. The molecule has 0 aliphatic carbocycles. The van der Waals surface area contributed by atoms with Crippen molar-refractivity contribution < 1.29 is 8.42 Å². The average Bonchev–Trinajstić information content (AvgIpc) is 2.37. The first kappa shape index (κ1) is 15.8. The Morgan fingerprint density at radius 1 is 1.30 bits per heavy atom. The fraction of sp³-hybridized carbons (Fsp3) is 0.538. The molecule has 3 N–H and O–H groups in total. The molecule has 112 valence electrons. The van der Waals surface area contributed by atoms with Crippen molar-refractivity contribution >= 4 is 31.6 Å². The van der Waals surface area contributed by atoms with Gasteiger partial charge in [-0.15, -0.1) is 4.83 Å². The smallest absolute Gasteiger partial charge is 0.253 e. The number of anilines is 1. The van der Waals surface area contributed by atoms with Crippen molar-refractivity contribution in [3.63, 3.8) is 0 Å². The fourth-order valence-corrected chi connectivity index (χ4v) is 4.00. The van der Waals surface area contributed by atoms with Gasteiger partial charge in [-0.05, 0) is 60.8 Å². The monoisotopic (exact) mass is 361 g/mol. The van der Waals surface area contributed by atoms with E-state index in [0.717, 1.165) is 19.3 Å². The van der Waals surface area contributed by atoms with Crippen LogP contribution in [-0.4, -0.2) is 25.5 Å². The average molecular weight is 362 g/mol. The van der Waals surface area contributed by atoms with Gasteiger partial charge in [-0.2, -0.15) is 0 Å². The third-order valence-corrected chi connectivity index (χ3v) is 5.74. The summed E-state index contributed by atoms with van der Waals surface area (Å²) >= 11 is 3.26. The van der Waals surface area contributed by atoms with E-state index in [1.807, 2.05) is 18.9 Å². The van der Waals surface area contributed by atoms with Crippen LogP contribution in [0, 0.1) is 0 Å². The quantitative estimate of drug-likeness (QED) is 0.810. The Morgan fingerprint density at radius 3 is 2.45 bits per heavy atom. The zero-order valence-corrected chi connectivity index (χ0v) is 14.0. The standard InChI is InChI=1S/C13H20BrN3O2S/c1-9-4-3-5-10(2)17(9)16-20(18,19)11-6-7-12(14)13(15)8-11/h6-10,16H,3-5,15H2,1-2H3. The molecule has 1 aliphatic rings. The number of hydrogen-bond donors (Lipinski definition) is 2. The van der Waals surface area contributed by atoms with Crippen LogP contribution >= 0.6 is 15.9 Å². The lowest BCUT2D eigenvalue weighted by Gasteiger charge is -2.38. The molecule has 2 rings (SSSR count). The molecule has 2 atom stereocenters. The minimum atomic E-state index is -3.59. The van der Waals surface area contributed by atoms with Crippen molar-refractivity contribution in [3.05, 3.63) is 22.7 Å². The molecule has 2 unspecified atom stereocenters. The molecule has 0 saturated carbocycles. The van der Waals surface area contributed by atoms with Gasteiger partial charge in [0.15, 0.2) is 0 Å². The summed E-state index contributed by atoms with van der Waals surface area (Å²) in [6.45, 7) is 4.07. The zero-order chi connectivity index (χ0) is 14.9. The summed E-state index contributed by atoms with van der Waals surface area (Å²) in [4.78, 5) is 2.88. The molecule has 7 heteroatoms. The van der Waals surface area contributed by atoms with Crippen LogP contribution in [0.4, 0.5) is 5.69 Å². The van der Waals surface area contributed by atoms with Crippen molar-refractivity contribution in [2.24, 2.45) is 0 Å². The molecule has 0 aromatic heterocycles. The summed E-state index contributed by atoms with van der Waals surface area (Å²) in [6.07, 6.45) is 3.12. The molecule has 0 amide bonds. The number of nitrogens with one attached hydrogen (secondary N) is 1. The van der Waals surface area contributed by atoms with E-state index in [0.29, 0.717) is 10.2 Å². The van der Waals surface area contributed by atoms with Crippen LogP contribution < -0.4 is 10.6 Å². The van der Waals surface area contributed by atoms with Crippen molar-refractivity contribution in [3.8, 4) is 0 Å². The number of nitrogens with zero attached hydrogens (tertiary/aromatic N) is 1. The van der Waals surface area contributed by atoms with Crippen LogP contribution in [-0.2, 0) is 10.0 Å².